The molecule has 1 atom stereocenters. The van der Waals surface area contributed by atoms with Gasteiger partial charge in [-0.2, -0.15) is 0 Å². The maximum absolute atomic E-state index is 12.3. The standard InChI is InChI=1S/C13H17BrO5S/c1-8(2)12(13(15)16)20(17,18)7-9-6-10(14)4-5-11(9)19-3/h4-6,8,12H,7H2,1-3H3,(H,15,16). The van der Waals surface area contributed by atoms with Crippen LogP contribution >= 0.6 is 15.9 Å². The molecule has 0 radical (unpaired) electrons. The minimum Gasteiger partial charge on any atom is -0.496 e. The van der Waals surface area contributed by atoms with E-state index < -0.39 is 27.0 Å². The van der Waals surface area contributed by atoms with Crippen molar-refractivity contribution in [2.24, 2.45) is 5.92 Å². The highest BCUT2D eigenvalue weighted by atomic mass is 79.9. The van der Waals surface area contributed by atoms with Crippen LogP contribution in [0.3, 0.4) is 0 Å². The minimum atomic E-state index is -3.82. The molecule has 1 aromatic rings. The summed E-state index contributed by atoms with van der Waals surface area (Å²) in [5.74, 6) is -1.78. The fourth-order valence-electron chi connectivity index (χ4n) is 2.02. The summed E-state index contributed by atoms with van der Waals surface area (Å²) in [6.45, 7) is 3.16. The molecule has 0 heterocycles. The Kier molecular flexibility index (Phi) is 5.59. The molecule has 0 bridgehead atoms. The number of aliphatic carboxylic acids is 1. The molecule has 0 saturated carbocycles. The van der Waals surface area contributed by atoms with Gasteiger partial charge in [-0.05, 0) is 24.1 Å². The lowest BCUT2D eigenvalue weighted by Gasteiger charge is -2.18. The highest BCUT2D eigenvalue weighted by Crippen LogP contribution is 2.27. The number of rotatable bonds is 6. The van der Waals surface area contributed by atoms with Gasteiger partial charge in [-0.15, -0.1) is 0 Å². The van der Waals surface area contributed by atoms with Crippen LogP contribution in [0.25, 0.3) is 0 Å². The molecule has 112 valence electrons. The van der Waals surface area contributed by atoms with E-state index in [9.17, 15) is 13.2 Å². The van der Waals surface area contributed by atoms with Crippen molar-refractivity contribution < 1.29 is 23.1 Å². The lowest BCUT2D eigenvalue weighted by molar-refractivity contribution is -0.137. The third kappa shape index (κ3) is 3.96. The van der Waals surface area contributed by atoms with Gasteiger partial charge in [-0.25, -0.2) is 8.42 Å². The second-order valence-electron chi connectivity index (χ2n) is 4.77. The SMILES string of the molecule is COc1ccc(Br)cc1CS(=O)(=O)C(C(=O)O)C(C)C. The van der Waals surface area contributed by atoms with Gasteiger partial charge in [-0.3, -0.25) is 4.79 Å². The maximum atomic E-state index is 12.3. The van der Waals surface area contributed by atoms with Crippen LogP contribution in [0.4, 0.5) is 0 Å². The summed E-state index contributed by atoms with van der Waals surface area (Å²) < 4.78 is 30.4. The van der Waals surface area contributed by atoms with Crippen LogP contribution in [0.5, 0.6) is 5.75 Å². The molecule has 0 fully saturated rings. The maximum Gasteiger partial charge on any atom is 0.322 e. The zero-order valence-corrected chi connectivity index (χ0v) is 13.9. The molecule has 1 N–H and O–H groups in total. The second kappa shape index (κ2) is 6.58. The first kappa shape index (κ1) is 17.0. The van der Waals surface area contributed by atoms with Gasteiger partial charge in [-0.1, -0.05) is 29.8 Å². The summed E-state index contributed by atoms with van der Waals surface area (Å²) in [5.41, 5.74) is 0.439. The van der Waals surface area contributed by atoms with E-state index in [2.05, 4.69) is 15.9 Å². The lowest BCUT2D eigenvalue weighted by atomic mass is 10.1. The van der Waals surface area contributed by atoms with Crippen LogP contribution < -0.4 is 4.74 Å². The van der Waals surface area contributed by atoms with E-state index in [0.29, 0.717) is 15.8 Å². The zero-order valence-electron chi connectivity index (χ0n) is 11.5. The molecule has 20 heavy (non-hydrogen) atoms. The summed E-state index contributed by atoms with van der Waals surface area (Å²) in [6, 6.07) is 4.99. The first-order chi connectivity index (χ1) is 9.19. The molecule has 0 aliphatic rings. The van der Waals surface area contributed by atoms with Crippen LogP contribution in [0.2, 0.25) is 0 Å². The number of carboxylic acids is 1. The molecular formula is C13H17BrO5S. The van der Waals surface area contributed by atoms with Gasteiger partial charge < -0.3 is 9.84 Å². The Morgan fingerprint density at radius 1 is 1.40 bits per heavy atom. The Labute approximate surface area is 127 Å². The molecule has 0 saturated heterocycles. The van der Waals surface area contributed by atoms with Gasteiger partial charge in [0.1, 0.15) is 5.75 Å². The largest absolute Gasteiger partial charge is 0.496 e. The Balaban J connectivity index is 3.19. The van der Waals surface area contributed by atoms with E-state index in [1.807, 2.05) is 0 Å². The molecule has 0 aliphatic carbocycles. The highest BCUT2D eigenvalue weighted by molar-refractivity contribution is 9.10. The van der Waals surface area contributed by atoms with E-state index in [1.165, 1.54) is 7.11 Å². The second-order valence-corrected chi connectivity index (χ2v) is 7.80. The van der Waals surface area contributed by atoms with Crippen molar-refractivity contribution in [2.45, 2.75) is 24.9 Å². The number of halogens is 1. The Morgan fingerprint density at radius 2 is 2.00 bits per heavy atom. The molecule has 1 aromatic carbocycles. The normalized spacial score (nSPS) is 13.2. The molecule has 0 amide bonds. The third-order valence-corrected chi connectivity index (χ3v) is 5.56. The van der Waals surface area contributed by atoms with E-state index in [1.54, 1.807) is 32.0 Å². The van der Waals surface area contributed by atoms with Crippen LogP contribution in [-0.2, 0) is 20.4 Å². The summed E-state index contributed by atoms with van der Waals surface area (Å²) in [5, 5.41) is 7.69. The van der Waals surface area contributed by atoms with Crippen LogP contribution in [-0.4, -0.2) is 31.9 Å². The molecule has 1 unspecified atom stereocenters. The first-order valence-corrected chi connectivity index (χ1v) is 8.46. The van der Waals surface area contributed by atoms with Crippen molar-refractivity contribution in [2.75, 3.05) is 7.11 Å². The van der Waals surface area contributed by atoms with Crippen LogP contribution in [0.1, 0.15) is 19.4 Å². The molecular weight excluding hydrogens is 348 g/mol. The van der Waals surface area contributed by atoms with Gasteiger partial charge in [0, 0.05) is 10.0 Å². The zero-order chi connectivity index (χ0) is 15.5. The quantitative estimate of drug-likeness (QED) is 0.838. The number of benzene rings is 1. The number of carboxylic acid groups (broad SMARTS) is 1. The number of ether oxygens (including phenoxy) is 1. The van der Waals surface area contributed by atoms with Crippen molar-refractivity contribution in [1.29, 1.82) is 0 Å². The predicted molar refractivity (Wildman–Crippen MR) is 79.6 cm³/mol. The van der Waals surface area contributed by atoms with Gasteiger partial charge in [0.15, 0.2) is 15.1 Å². The van der Waals surface area contributed by atoms with Crippen molar-refractivity contribution in [3.8, 4) is 5.75 Å². The molecule has 0 aliphatic heterocycles. The lowest BCUT2D eigenvalue weighted by Crippen LogP contribution is -2.35. The Bertz CT molecular complexity index is 595. The molecule has 7 heteroatoms. The summed E-state index contributed by atoms with van der Waals surface area (Å²) in [7, 11) is -2.38. The summed E-state index contributed by atoms with van der Waals surface area (Å²) in [6.07, 6.45) is 0. The van der Waals surface area contributed by atoms with Gasteiger partial charge in [0.2, 0.25) is 0 Å². The smallest absolute Gasteiger partial charge is 0.322 e. The van der Waals surface area contributed by atoms with Crippen molar-refractivity contribution in [1.82, 2.24) is 0 Å². The number of methoxy groups -OCH3 is 1. The third-order valence-electron chi connectivity index (χ3n) is 2.83. The number of hydrogen-bond donors (Lipinski definition) is 1. The summed E-state index contributed by atoms with van der Waals surface area (Å²) in [4.78, 5) is 11.2. The van der Waals surface area contributed by atoms with Crippen LogP contribution in [0, 0.1) is 5.92 Å². The minimum absolute atomic E-state index is 0.370. The van der Waals surface area contributed by atoms with Crippen molar-refractivity contribution >= 4 is 31.7 Å². The average Bonchev–Trinajstić information content (AvgIpc) is 2.26. The van der Waals surface area contributed by atoms with Crippen molar-refractivity contribution in [3.63, 3.8) is 0 Å². The number of hydrogen-bond acceptors (Lipinski definition) is 4. The number of sulfone groups is 1. The average molecular weight is 365 g/mol. The van der Waals surface area contributed by atoms with Gasteiger partial charge in [0.05, 0.1) is 12.9 Å². The van der Waals surface area contributed by atoms with E-state index in [0.717, 1.165) is 0 Å². The Morgan fingerprint density at radius 3 is 2.45 bits per heavy atom. The topological polar surface area (TPSA) is 80.7 Å². The monoisotopic (exact) mass is 364 g/mol. The first-order valence-electron chi connectivity index (χ1n) is 5.96. The predicted octanol–water partition coefficient (Wildman–Crippen LogP) is 2.48. The fraction of sp³-hybridized carbons (Fsp3) is 0.462. The van der Waals surface area contributed by atoms with E-state index in [4.69, 9.17) is 9.84 Å². The summed E-state index contributed by atoms with van der Waals surface area (Å²) >= 11 is 3.26. The molecule has 5 nitrogen and oxygen atoms in total. The van der Waals surface area contributed by atoms with Crippen LogP contribution in [0.15, 0.2) is 22.7 Å². The number of carbonyl (C=O) groups is 1. The highest BCUT2D eigenvalue weighted by Gasteiger charge is 2.35. The molecule has 1 rings (SSSR count). The molecule has 0 aromatic heterocycles. The van der Waals surface area contributed by atoms with E-state index in [-0.39, 0.29) is 5.75 Å². The van der Waals surface area contributed by atoms with Gasteiger partial charge in [0.25, 0.3) is 0 Å². The Hall–Kier alpha value is -1.08. The van der Waals surface area contributed by atoms with Crippen molar-refractivity contribution in [3.05, 3.63) is 28.2 Å². The fourth-order valence-corrected chi connectivity index (χ4v) is 4.40. The molecule has 0 spiro atoms. The van der Waals surface area contributed by atoms with E-state index >= 15 is 0 Å². The van der Waals surface area contributed by atoms with Gasteiger partial charge >= 0.3 is 5.97 Å².